The zero-order valence-corrected chi connectivity index (χ0v) is 12.9. The number of hydrogen-bond acceptors (Lipinski definition) is 7. The lowest BCUT2D eigenvalue weighted by Crippen LogP contribution is -2.32. The van der Waals surface area contributed by atoms with Gasteiger partial charge in [-0.1, -0.05) is 11.8 Å². The van der Waals surface area contributed by atoms with Gasteiger partial charge in [0.1, 0.15) is 12.9 Å². The summed E-state index contributed by atoms with van der Waals surface area (Å²) in [4.78, 5) is 26.6. The van der Waals surface area contributed by atoms with Gasteiger partial charge in [-0.15, -0.1) is 0 Å². The molecule has 7 nitrogen and oxygen atoms in total. The number of carbonyl (C=O) groups is 2. The predicted molar refractivity (Wildman–Crippen MR) is 79.6 cm³/mol. The summed E-state index contributed by atoms with van der Waals surface area (Å²) in [5.74, 6) is 0.162. The van der Waals surface area contributed by atoms with E-state index in [1.165, 1.54) is 29.9 Å². The highest BCUT2D eigenvalue weighted by Crippen LogP contribution is 2.26. The number of rotatable bonds is 4. The van der Waals surface area contributed by atoms with Crippen LogP contribution in [0.25, 0.3) is 6.08 Å². The minimum Gasteiger partial charge on any atom is -0.468 e. The Labute approximate surface area is 127 Å². The zero-order chi connectivity index (χ0) is 15.2. The highest BCUT2D eigenvalue weighted by molar-refractivity contribution is 8.14. The van der Waals surface area contributed by atoms with Crippen LogP contribution in [0.4, 0.5) is 0 Å². The number of methoxy groups -OCH3 is 1. The minimum atomic E-state index is -0.372. The summed E-state index contributed by atoms with van der Waals surface area (Å²) in [6, 6.07) is 0. The number of aromatic nitrogens is 3. The van der Waals surface area contributed by atoms with Crippen molar-refractivity contribution in [3.05, 3.63) is 17.7 Å². The highest BCUT2D eigenvalue weighted by atomic mass is 32.2. The SMILES string of the molecule is COC(=O)Cn1cnc(C=C2CNCCC2SC(C)=O)n1. The average Bonchev–Trinajstić information content (AvgIpc) is 2.87. The van der Waals surface area contributed by atoms with Crippen molar-refractivity contribution >= 4 is 28.9 Å². The Morgan fingerprint density at radius 3 is 3.14 bits per heavy atom. The summed E-state index contributed by atoms with van der Waals surface area (Å²) in [5, 5.41) is 7.76. The smallest absolute Gasteiger partial charge is 0.327 e. The number of carbonyl (C=O) groups excluding carboxylic acids is 2. The Hall–Kier alpha value is -1.67. The predicted octanol–water partition coefficient (Wildman–Crippen LogP) is 0.476. The molecule has 2 heterocycles. The molecule has 0 aromatic carbocycles. The molecule has 0 spiro atoms. The summed E-state index contributed by atoms with van der Waals surface area (Å²) in [5.41, 5.74) is 1.09. The second-order valence-corrected chi connectivity index (χ2v) is 6.04. The van der Waals surface area contributed by atoms with Gasteiger partial charge >= 0.3 is 5.97 Å². The van der Waals surface area contributed by atoms with Crippen LogP contribution >= 0.6 is 11.8 Å². The van der Waals surface area contributed by atoms with Gasteiger partial charge in [-0.3, -0.25) is 9.59 Å². The van der Waals surface area contributed by atoms with Gasteiger partial charge in [-0.05, 0) is 24.6 Å². The number of nitrogens with one attached hydrogen (secondary N) is 1. The molecular weight excluding hydrogens is 292 g/mol. The molecule has 0 radical (unpaired) electrons. The second-order valence-electron chi connectivity index (χ2n) is 4.66. The van der Waals surface area contributed by atoms with E-state index in [0.29, 0.717) is 5.82 Å². The average molecular weight is 310 g/mol. The van der Waals surface area contributed by atoms with Crippen molar-refractivity contribution in [2.24, 2.45) is 0 Å². The summed E-state index contributed by atoms with van der Waals surface area (Å²) in [7, 11) is 1.33. The van der Waals surface area contributed by atoms with Crippen LogP contribution in [0.15, 0.2) is 11.9 Å². The topological polar surface area (TPSA) is 86.1 Å². The van der Waals surface area contributed by atoms with Crippen LogP contribution in [0, 0.1) is 0 Å². The molecule has 1 fully saturated rings. The fraction of sp³-hybridized carbons (Fsp3) is 0.538. The molecule has 2 rings (SSSR count). The molecule has 8 heteroatoms. The first kappa shape index (κ1) is 15.7. The van der Waals surface area contributed by atoms with Crippen molar-refractivity contribution < 1.29 is 14.3 Å². The number of piperidine rings is 1. The van der Waals surface area contributed by atoms with Crippen LogP contribution in [0.3, 0.4) is 0 Å². The van der Waals surface area contributed by atoms with E-state index in [1.807, 2.05) is 6.08 Å². The van der Waals surface area contributed by atoms with Crippen LogP contribution in [-0.4, -0.2) is 51.3 Å². The second kappa shape index (κ2) is 7.37. The minimum absolute atomic E-state index is 0.0382. The molecule has 1 aliphatic heterocycles. The van der Waals surface area contributed by atoms with Crippen molar-refractivity contribution in [2.75, 3.05) is 20.2 Å². The molecule has 1 atom stereocenters. The molecule has 0 bridgehead atoms. The molecule has 1 aromatic rings. The Bertz CT molecular complexity index is 555. The van der Waals surface area contributed by atoms with E-state index in [2.05, 4.69) is 20.1 Å². The first-order valence-corrected chi connectivity index (χ1v) is 7.51. The third-order valence-electron chi connectivity index (χ3n) is 3.02. The fourth-order valence-corrected chi connectivity index (χ4v) is 3.00. The first-order valence-electron chi connectivity index (χ1n) is 6.63. The Kier molecular flexibility index (Phi) is 5.51. The van der Waals surface area contributed by atoms with Gasteiger partial charge in [0.2, 0.25) is 0 Å². The lowest BCUT2D eigenvalue weighted by molar-refractivity contribution is -0.141. The zero-order valence-electron chi connectivity index (χ0n) is 12.0. The van der Waals surface area contributed by atoms with Crippen LogP contribution in [0.2, 0.25) is 0 Å². The molecule has 21 heavy (non-hydrogen) atoms. The van der Waals surface area contributed by atoms with Crippen LogP contribution in [-0.2, 0) is 20.9 Å². The maximum atomic E-state index is 11.3. The molecule has 1 unspecified atom stereocenters. The molecule has 114 valence electrons. The summed E-state index contributed by atoms with van der Waals surface area (Å²) in [6.45, 7) is 3.23. The van der Waals surface area contributed by atoms with E-state index in [1.54, 1.807) is 6.92 Å². The van der Waals surface area contributed by atoms with Crippen molar-refractivity contribution in [3.8, 4) is 0 Å². The van der Waals surface area contributed by atoms with Gasteiger partial charge in [0.25, 0.3) is 0 Å². The maximum absolute atomic E-state index is 11.3. The molecule has 1 N–H and O–H groups in total. The Morgan fingerprint density at radius 2 is 2.43 bits per heavy atom. The number of nitrogens with zero attached hydrogens (tertiary/aromatic N) is 3. The number of ether oxygens (including phenoxy) is 1. The van der Waals surface area contributed by atoms with Gasteiger partial charge in [0.05, 0.1) is 7.11 Å². The lowest BCUT2D eigenvalue weighted by atomic mass is 10.1. The molecule has 1 aromatic heterocycles. The van der Waals surface area contributed by atoms with Crippen molar-refractivity contribution in [1.29, 1.82) is 0 Å². The van der Waals surface area contributed by atoms with E-state index in [9.17, 15) is 9.59 Å². The van der Waals surface area contributed by atoms with Gasteiger partial charge in [-0.2, -0.15) is 5.10 Å². The van der Waals surface area contributed by atoms with Crippen molar-refractivity contribution in [3.63, 3.8) is 0 Å². The molecule has 0 aliphatic carbocycles. The molecule has 0 saturated carbocycles. The fourth-order valence-electron chi connectivity index (χ4n) is 2.06. The normalized spacial score (nSPS) is 20.5. The van der Waals surface area contributed by atoms with Gasteiger partial charge in [0, 0.05) is 18.7 Å². The largest absolute Gasteiger partial charge is 0.468 e. The lowest BCUT2D eigenvalue weighted by Gasteiger charge is -2.24. The van der Waals surface area contributed by atoms with Crippen molar-refractivity contribution in [2.45, 2.75) is 25.1 Å². The molecule has 1 aliphatic rings. The van der Waals surface area contributed by atoms with Gasteiger partial charge in [-0.25, -0.2) is 9.67 Å². The van der Waals surface area contributed by atoms with Crippen molar-refractivity contribution in [1.82, 2.24) is 20.1 Å². The number of esters is 1. The van der Waals surface area contributed by atoms with E-state index in [4.69, 9.17) is 0 Å². The molecule has 0 amide bonds. The standard InChI is InChI=1S/C13H18N4O3S/c1-9(18)21-11-3-4-14-6-10(11)5-12-15-8-17(16-12)7-13(19)20-2/h5,8,11,14H,3-4,6-7H2,1-2H3. The van der Waals surface area contributed by atoms with Crippen LogP contribution < -0.4 is 5.32 Å². The summed E-state index contributed by atoms with van der Waals surface area (Å²) >= 11 is 1.34. The van der Waals surface area contributed by atoms with E-state index in [0.717, 1.165) is 25.1 Å². The van der Waals surface area contributed by atoms with Gasteiger partial charge in [0.15, 0.2) is 10.9 Å². The number of thioether (sulfide) groups is 1. The first-order chi connectivity index (χ1) is 10.1. The van der Waals surface area contributed by atoms with E-state index < -0.39 is 0 Å². The Balaban J connectivity index is 2.09. The Morgan fingerprint density at radius 1 is 1.62 bits per heavy atom. The number of hydrogen-bond donors (Lipinski definition) is 1. The van der Waals surface area contributed by atoms with E-state index >= 15 is 0 Å². The maximum Gasteiger partial charge on any atom is 0.327 e. The van der Waals surface area contributed by atoms with Crippen LogP contribution in [0.1, 0.15) is 19.2 Å². The highest BCUT2D eigenvalue weighted by Gasteiger charge is 2.21. The monoisotopic (exact) mass is 310 g/mol. The summed E-state index contributed by atoms with van der Waals surface area (Å²) in [6.07, 6.45) is 4.27. The molecule has 1 saturated heterocycles. The van der Waals surface area contributed by atoms with E-state index in [-0.39, 0.29) is 22.9 Å². The summed E-state index contributed by atoms with van der Waals surface area (Å²) < 4.78 is 6.01. The van der Waals surface area contributed by atoms with Crippen LogP contribution in [0.5, 0.6) is 0 Å². The third-order valence-corrected chi connectivity index (χ3v) is 4.18. The molecular formula is C13H18N4O3S. The third kappa shape index (κ3) is 4.68. The quantitative estimate of drug-likeness (QED) is 0.809. The van der Waals surface area contributed by atoms with Gasteiger partial charge < -0.3 is 10.1 Å².